The van der Waals surface area contributed by atoms with E-state index in [1.165, 1.54) is 0 Å². The van der Waals surface area contributed by atoms with E-state index in [2.05, 4.69) is 4.98 Å². The van der Waals surface area contributed by atoms with E-state index in [0.717, 1.165) is 5.56 Å². The lowest BCUT2D eigenvalue weighted by molar-refractivity contribution is -0.125. The second kappa shape index (κ2) is 4.11. The number of nitrogens with zero attached hydrogens (tertiary/aromatic N) is 1. The van der Waals surface area contributed by atoms with Gasteiger partial charge in [0.25, 0.3) is 0 Å². The number of aliphatic hydroxyl groups is 1. The quantitative estimate of drug-likeness (QED) is 0.796. The van der Waals surface area contributed by atoms with Crippen LogP contribution in [0.2, 0.25) is 0 Å². The molecule has 3 nitrogen and oxygen atoms in total. The molecule has 2 rings (SSSR count). The molecule has 0 amide bonds. The number of hydrogen-bond acceptors (Lipinski definition) is 3. The highest BCUT2D eigenvalue weighted by atomic mass is 16.3. The summed E-state index contributed by atoms with van der Waals surface area (Å²) < 4.78 is 0. The molecule has 0 radical (unpaired) electrons. The highest BCUT2D eigenvalue weighted by molar-refractivity contribution is 5.79. The van der Waals surface area contributed by atoms with E-state index in [1.807, 2.05) is 12.1 Å². The minimum absolute atomic E-state index is 0.273. The molecule has 1 aliphatic carbocycles. The van der Waals surface area contributed by atoms with Gasteiger partial charge in [-0.3, -0.25) is 9.78 Å². The average molecular weight is 205 g/mol. The zero-order chi connectivity index (χ0) is 10.7. The van der Waals surface area contributed by atoms with Crippen molar-refractivity contribution in [3.63, 3.8) is 0 Å². The molecule has 0 unspecified atom stereocenters. The Morgan fingerprint density at radius 3 is 2.47 bits per heavy atom. The van der Waals surface area contributed by atoms with Gasteiger partial charge >= 0.3 is 0 Å². The highest BCUT2D eigenvalue weighted by Crippen LogP contribution is 2.29. The van der Waals surface area contributed by atoms with Crippen molar-refractivity contribution in [1.29, 1.82) is 0 Å². The molecule has 1 aromatic rings. The van der Waals surface area contributed by atoms with Gasteiger partial charge in [-0.15, -0.1) is 0 Å². The number of pyridine rings is 1. The Labute approximate surface area is 89.2 Å². The smallest absolute Gasteiger partial charge is 0.133 e. The number of carbonyl (C=O) groups is 1. The summed E-state index contributed by atoms with van der Waals surface area (Å²) in [4.78, 5) is 15.0. The Balaban J connectivity index is 2.02. The van der Waals surface area contributed by atoms with Crippen molar-refractivity contribution in [1.82, 2.24) is 4.98 Å². The van der Waals surface area contributed by atoms with Gasteiger partial charge in [-0.1, -0.05) is 0 Å². The molecule has 0 saturated heterocycles. The van der Waals surface area contributed by atoms with E-state index in [1.54, 1.807) is 12.4 Å². The Kier molecular flexibility index (Phi) is 2.82. The van der Waals surface area contributed by atoms with Gasteiger partial charge < -0.3 is 5.11 Å². The molecule has 1 fully saturated rings. The molecule has 1 aromatic heterocycles. The third-order valence-corrected chi connectivity index (χ3v) is 3.02. The highest BCUT2D eigenvalue weighted by Gasteiger charge is 2.32. The van der Waals surface area contributed by atoms with Gasteiger partial charge in [0, 0.05) is 31.7 Å². The van der Waals surface area contributed by atoms with Crippen LogP contribution < -0.4 is 0 Å². The van der Waals surface area contributed by atoms with E-state index in [0.29, 0.717) is 32.1 Å². The first-order valence-electron chi connectivity index (χ1n) is 5.31. The number of Topliss-reactive ketones (excluding diaryl/α,β-unsaturated/α-hetero) is 1. The summed E-state index contributed by atoms with van der Waals surface area (Å²) in [7, 11) is 0. The zero-order valence-electron chi connectivity index (χ0n) is 8.65. The molecule has 80 valence electrons. The molecule has 0 spiro atoms. The first kappa shape index (κ1) is 10.3. The van der Waals surface area contributed by atoms with Crippen molar-refractivity contribution in [3.8, 4) is 0 Å². The summed E-state index contributed by atoms with van der Waals surface area (Å²) in [6.07, 6.45) is 6.30. The first-order chi connectivity index (χ1) is 7.18. The largest absolute Gasteiger partial charge is 0.390 e. The predicted octanol–water partition coefficient (Wildman–Crippen LogP) is 1.50. The van der Waals surface area contributed by atoms with Gasteiger partial charge in [-0.05, 0) is 30.5 Å². The van der Waals surface area contributed by atoms with Crippen LogP contribution in [-0.2, 0) is 11.2 Å². The van der Waals surface area contributed by atoms with Gasteiger partial charge in [0.2, 0.25) is 0 Å². The molecule has 3 heteroatoms. The monoisotopic (exact) mass is 205 g/mol. The predicted molar refractivity (Wildman–Crippen MR) is 56.4 cm³/mol. The van der Waals surface area contributed by atoms with Gasteiger partial charge in [0.1, 0.15) is 5.78 Å². The molecule has 1 aliphatic rings. The maximum atomic E-state index is 11.1. The lowest BCUT2D eigenvalue weighted by Crippen LogP contribution is -2.36. The summed E-state index contributed by atoms with van der Waals surface area (Å²) in [5.74, 6) is 0.273. The van der Waals surface area contributed by atoms with Crippen LogP contribution in [0.4, 0.5) is 0 Å². The fraction of sp³-hybridized carbons (Fsp3) is 0.500. The lowest BCUT2D eigenvalue weighted by atomic mass is 9.80. The standard InChI is InChI=1S/C12H15NO2/c14-11-1-5-12(15,6-2-11)9-10-3-7-13-8-4-10/h3-4,7-8,15H,1-2,5-6,9H2. The zero-order valence-corrected chi connectivity index (χ0v) is 8.65. The maximum Gasteiger partial charge on any atom is 0.133 e. The lowest BCUT2D eigenvalue weighted by Gasteiger charge is -2.31. The molecule has 0 aliphatic heterocycles. The van der Waals surface area contributed by atoms with Crippen LogP contribution in [0.1, 0.15) is 31.2 Å². The first-order valence-corrected chi connectivity index (χ1v) is 5.31. The third-order valence-electron chi connectivity index (χ3n) is 3.02. The van der Waals surface area contributed by atoms with E-state index >= 15 is 0 Å². The molecule has 0 aromatic carbocycles. The van der Waals surface area contributed by atoms with Crippen LogP contribution >= 0.6 is 0 Å². The number of carbonyl (C=O) groups excluding carboxylic acids is 1. The number of hydrogen-bond donors (Lipinski definition) is 1. The van der Waals surface area contributed by atoms with Crippen LogP contribution in [0.3, 0.4) is 0 Å². The second-order valence-electron chi connectivity index (χ2n) is 4.30. The van der Waals surface area contributed by atoms with Crippen molar-refractivity contribution in [3.05, 3.63) is 30.1 Å². The van der Waals surface area contributed by atoms with E-state index in [-0.39, 0.29) is 5.78 Å². The van der Waals surface area contributed by atoms with Crippen molar-refractivity contribution in [2.24, 2.45) is 0 Å². The summed E-state index contributed by atoms with van der Waals surface area (Å²) in [5.41, 5.74) is 0.400. The molecular formula is C12H15NO2. The summed E-state index contributed by atoms with van der Waals surface area (Å²) in [6, 6.07) is 3.82. The fourth-order valence-corrected chi connectivity index (χ4v) is 2.05. The molecule has 1 heterocycles. The summed E-state index contributed by atoms with van der Waals surface area (Å²) in [5, 5.41) is 10.3. The van der Waals surface area contributed by atoms with E-state index in [4.69, 9.17) is 0 Å². The SMILES string of the molecule is O=C1CCC(O)(Cc2ccncc2)CC1. The summed E-state index contributed by atoms with van der Waals surface area (Å²) >= 11 is 0. The Morgan fingerprint density at radius 2 is 1.87 bits per heavy atom. The van der Waals surface area contributed by atoms with Crippen molar-refractivity contribution in [2.75, 3.05) is 0 Å². The minimum Gasteiger partial charge on any atom is -0.390 e. The molecule has 0 atom stereocenters. The van der Waals surface area contributed by atoms with Crippen LogP contribution in [0.5, 0.6) is 0 Å². The molecule has 1 saturated carbocycles. The third kappa shape index (κ3) is 2.63. The number of rotatable bonds is 2. The van der Waals surface area contributed by atoms with Gasteiger partial charge in [-0.2, -0.15) is 0 Å². The van der Waals surface area contributed by atoms with Crippen molar-refractivity contribution < 1.29 is 9.90 Å². The van der Waals surface area contributed by atoms with E-state index < -0.39 is 5.60 Å². The molecule has 15 heavy (non-hydrogen) atoms. The van der Waals surface area contributed by atoms with Crippen LogP contribution in [0, 0.1) is 0 Å². The van der Waals surface area contributed by atoms with Crippen LogP contribution in [0.25, 0.3) is 0 Å². The summed E-state index contributed by atoms with van der Waals surface area (Å²) in [6.45, 7) is 0. The van der Waals surface area contributed by atoms with Gasteiger partial charge in [0.05, 0.1) is 5.60 Å². The molecular weight excluding hydrogens is 190 g/mol. The molecule has 0 bridgehead atoms. The maximum absolute atomic E-state index is 11.1. The normalized spacial score (nSPS) is 20.2. The Morgan fingerprint density at radius 1 is 1.27 bits per heavy atom. The fourth-order valence-electron chi connectivity index (χ4n) is 2.05. The number of aromatic nitrogens is 1. The molecule has 1 N–H and O–H groups in total. The van der Waals surface area contributed by atoms with Gasteiger partial charge in [-0.25, -0.2) is 0 Å². The van der Waals surface area contributed by atoms with Crippen LogP contribution in [0.15, 0.2) is 24.5 Å². The Bertz CT molecular complexity index is 338. The average Bonchev–Trinajstić information content (AvgIpc) is 2.24. The van der Waals surface area contributed by atoms with E-state index in [9.17, 15) is 9.90 Å². The second-order valence-corrected chi connectivity index (χ2v) is 4.30. The van der Waals surface area contributed by atoms with Crippen LogP contribution in [-0.4, -0.2) is 21.5 Å². The van der Waals surface area contributed by atoms with Crippen molar-refractivity contribution in [2.45, 2.75) is 37.7 Å². The van der Waals surface area contributed by atoms with Crippen molar-refractivity contribution >= 4 is 5.78 Å². The van der Waals surface area contributed by atoms with Gasteiger partial charge in [0.15, 0.2) is 0 Å². The topological polar surface area (TPSA) is 50.2 Å². The minimum atomic E-state index is -0.685. The number of ketones is 1. The Hall–Kier alpha value is -1.22.